The summed E-state index contributed by atoms with van der Waals surface area (Å²) < 4.78 is 5.98. The fourth-order valence-electron chi connectivity index (χ4n) is 2.40. The second-order valence-electron chi connectivity index (χ2n) is 5.05. The minimum Gasteiger partial charge on any atom is -0.457 e. The molecule has 0 spiro atoms. The molecule has 3 rings (SSSR count). The molecule has 0 unspecified atom stereocenters. The van der Waals surface area contributed by atoms with E-state index in [4.69, 9.17) is 10.5 Å². The lowest BCUT2D eigenvalue weighted by Gasteiger charge is -2.10. The quantitative estimate of drug-likeness (QED) is 0.711. The number of pyridine rings is 1. The number of nitrogen functional groups attached to an aromatic ring is 1. The number of hydrogen-bond donors (Lipinski definition) is 1. The highest BCUT2D eigenvalue weighted by atomic mass is 16.5. The molecule has 1 heterocycles. The van der Waals surface area contributed by atoms with Crippen LogP contribution in [0.4, 0.5) is 5.69 Å². The van der Waals surface area contributed by atoms with Crippen LogP contribution in [0.3, 0.4) is 0 Å². The normalized spacial score (nSPS) is 10.7. The maximum Gasteiger partial charge on any atom is 0.138 e. The van der Waals surface area contributed by atoms with Crippen molar-refractivity contribution in [3.63, 3.8) is 0 Å². The van der Waals surface area contributed by atoms with Gasteiger partial charge in [-0.15, -0.1) is 0 Å². The summed E-state index contributed by atoms with van der Waals surface area (Å²) in [4.78, 5) is 4.32. The highest BCUT2D eigenvalue weighted by molar-refractivity contribution is 5.93. The number of ether oxygens (including phenoxy) is 1. The van der Waals surface area contributed by atoms with E-state index in [1.807, 2.05) is 36.4 Å². The molecule has 3 heteroatoms. The van der Waals surface area contributed by atoms with Gasteiger partial charge in [-0.3, -0.25) is 4.98 Å². The van der Waals surface area contributed by atoms with Crippen LogP contribution in [0.2, 0.25) is 0 Å². The number of anilines is 1. The minimum atomic E-state index is 0.663. The van der Waals surface area contributed by atoms with Crippen LogP contribution >= 0.6 is 0 Å². The highest BCUT2D eigenvalue weighted by Crippen LogP contribution is 2.31. The lowest BCUT2D eigenvalue weighted by Crippen LogP contribution is -1.92. The molecule has 0 amide bonds. The first kappa shape index (κ1) is 13.4. The van der Waals surface area contributed by atoms with Gasteiger partial charge in [-0.25, -0.2) is 0 Å². The molecule has 2 aromatic carbocycles. The van der Waals surface area contributed by atoms with Gasteiger partial charge < -0.3 is 10.5 Å². The molecule has 0 aliphatic carbocycles. The maximum atomic E-state index is 5.98. The third kappa shape index (κ3) is 2.82. The molecule has 0 radical (unpaired) electrons. The van der Waals surface area contributed by atoms with Crippen molar-refractivity contribution in [1.29, 1.82) is 0 Å². The first-order valence-corrected chi connectivity index (χ1v) is 7.18. The van der Waals surface area contributed by atoms with Gasteiger partial charge in [-0.1, -0.05) is 31.5 Å². The molecular weight excluding hydrogens is 260 g/mol. The summed E-state index contributed by atoms with van der Waals surface area (Å²) in [6.45, 7) is 2.18. The van der Waals surface area contributed by atoms with Gasteiger partial charge in [-0.2, -0.15) is 0 Å². The molecule has 3 aromatic rings. The third-order valence-electron chi connectivity index (χ3n) is 3.45. The lowest BCUT2D eigenvalue weighted by atomic mass is 10.1. The summed E-state index contributed by atoms with van der Waals surface area (Å²) in [7, 11) is 0. The summed E-state index contributed by atoms with van der Waals surface area (Å²) in [6.07, 6.45) is 3.96. The van der Waals surface area contributed by atoms with Crippen molar-refractivity contribution >= 4 is 16.6 Å². The number of benzene rings is 2. The van der Waals surface area contributed by atoms with Crippen LogP contribution in [0, 0.1) is 0 Å². The molecule has 0 aliphatic heterocycles. The Morgan fingerprint density at radius 2 is 1.86 bits per heavy atom. The zero-order chi connectivity index (χ0) is 14.7. The Balaban J connectivity index is 1.93. The van der Waals surface area contributed by atoms with Crippen LogP contribution in [-0.4, -0.2) is 4.98 Å². The average molecular weight is 278 g/mol. The summed E-state index contributed by atoms with van der Waals surface area (Å²) in [5.41, 5.74) is 8.72. The Bertz CT molecular complexity index is 751. The van der Waals surface area contributed by atoms with Crippen molar-refractivity contribution in [2.45, 2.75) is 19.8 Å². The smallest absolute Gasteiger partial charge is 0.138 e. The first-order chi connectivity index (χ1) is 10.3. The predicted octanol–water partition coefficient (Wildman–Crippen LogP) is 4.56. The van der Waals surface area contributed by atoms with Gasteiger partial charge >= 0.3 is 0 Å². The van der Waals surface area contributed by atoms with Gasteiger partial charge in [0.15, 0.2) is 0 Å². The molecule has 1 aromatic heterocycles. The van der Waals surface area contributed by atoms with E-state index in [-0.39, 0.29) is 0 Å². The molecule has 0 bridgehead atoms. The molecule has 0 fully saturated rings. The molecule has 0 aliphatic rings. The van der Waals surface area contributed by atoms with E-state index in [0.717, 1.165) is 35.2 Å². The Morgan fingerprint density at radius 1 is 1.05 bits per heavy atom. The van der Waals surface area contributed by atoms with E-state index >= 15 is 0 Å². The Labute approximate surface area is 124 Å². The van der Waals surface area contributed by atoms with E-state index < -0.39 is 0 Å². The number of nitrogens with two attached hydrogens (primary N) is 1. The van der Waals surface area contributed by atoms with Gasteiger partial charge in [0.1, 0.15) is 11.5 Å². The molecule has 3 nitrogen and oxygen atoms in total. The van der Waals surface area contributed by atoms with Crippen molar-refractivity contribution in [3.8, 4) is 11.5 Å². The Hall–Kier alpha value is -2.55. The van der Waals surface area contributed by atoms with E-state index in [1.165, 1.54) is 5.56 Å². The summed E-state index contributed by atoms with van der Waals surface area (Å²) >= 11 is 0. The molecule has 0 saturated heterocycles. The standard InChI is InChI=1S/C18H18N2O/c1-2-4-13-7-9-14(10-8-13)21-17-11-12-20-18-15(17)5-3-6-16(18)19/h3,5-12H,2,4,19H2,1H3. The monoisotopic (exact) mass is 278 g/mol. The molecule has 0 saturated carbocycles. The van der Waals surface area contributed by atoms with Crippen LogP contribution in [0.15, 0.2) is 54.7 Å². The second kappa shape index (κ2) is 5.83. The predicted molar refractivity (Wildman–Crippen MR) is 86.7 cm³/mol. The zero-order valence-corrected chi connectivity index (χ0v) is 12.0. The maximum absolute atomic E-state index is 5.98. The van der Waals surface area contributed by atoms with Crippen LogP contribution in [0.1, 0.15) is 18.9 Å². The van der Waals surface area contributed by atoms with Gasteiger partial charge in [0.25, 0.3) is 0 Å². The van der Waals surface area contributed by atoms with Crippen LogP contribution in [0.5, 0.6) is 11.5 Å². The topological polar surface area (TPSA) is 48.1 Å². The Kier molecular flexibility index (Phi) is 3.73. The minimum absolute atomic E-state index is 0.663. The van der Waals surface area contributed by atoms with Crippen molar-refractivity contribution in [1.82, 2.24) is 4.98 Å². The first-order valence-electron chi connectivity index (χ1n) is 7.18. The molecule has 21 heavy (non-hydrogen) atoms. The van der Waals surface area contributed by atoms with Gasteiger partial charge in [0, 0.05) is 11.6 Å². The largest absolute Gasteiger partial charge is 0.457 e. The van der Waals surface area contributed by atoms with Gasteiger partial charge in [0.05, 0.1) is 11.2 Å². The molecule has 2 N–H and O–H groups in total. The van der Waals surface area contributed by atoms with Crippen LogP contribution in [-0.2, 0) is 6.42 Å². The highest BCUT2D eigenvalue weighted by Gasteiger charge is 2.06. The number of rotatable bonds is 4. The van der Waals surface area contributed by atoms with Crippen molar-refractivity contribution < 1.29 is 4.74 Å². The van der Waals surface area contributed by atoms with Crippen LogP contribution < -0.4 is 10.5 Å². The van der Waals surface area contributed by atoms with Crippen LogP contribution in [0.25, 0.3) is 10.9 Å². The SMILES string of the molecule is CCCc1ccc(Oc2ccnc3c(N)cccc23)cc1. The third-order valence-corrected chi connectivity index (χ3v) is 3.45. The zero-order valence-electron chi connectivity index (χ0n) is 12.0. The number of aryl methyl sites for hydroxylation is 1. The number of nitrogens with zero attached hydrogens (tertiary/aromatic N) is 1. The second-order valence-corrected chi connectivity index (χ2v) is 5.05. The van der Waals surface area contributed by atoms with Gasteiger partial charge in [-0.05, 0) is 42.3 Å². The summed E-state index contributed by atoms with van der Waals surface area (Å²) in [5, 5.41) is 0.926. The van der Waals surface area contributed by atoms with E-state index in [1.54, 1.807) is 6.20 Å². The number of aromatic nitrogens is 1. The number of hydrogen-bond acceptors (Lipinski definition) is 3. The van der Waals surface area contributed by atoms with E-state index in [9.17, 15) is 0 Å². The number of para-hydroxylation sites is 1. The lowest BCUT2D eigenvalue weighted by molar-refractivity contribution is 0.487. The average Bonchev–Trinajstić information content (AvgIpc) is 2.51. The van der Waals surface area contributed by atoms with Crippen molar-refractivity contribution in [2.24, 2.45) is 0 Å². The van der Waals surface area contributed by atoms with E-state index in [0.29, 0.717) is 5.69 Å². The van der Waals surface area contributed by atoms with E-state index in [2.05, 4.69) is 24.0 Å². The van der Waals surface area contributed by atoms with Crippen molar-refractivity contribution in [2.75, 3.05) is 5.73 Å². The summed E-state index contributed by atoms with van der Waals surface area (Å²) in [6, 6.07) is 15.8. The summed E-state index contributed by atoms with van der Waals surface area (Å²) in [5.74, 6) is 1.60. The molecule has 106 valence electrons. The fourth-order valence-corrected chi connectivity index (χ4v) is 2.40. The Morgan fingerprint density at radius 3 is 2.62 bits per heavy atom. The molecule has 0 atom stereocenters. The van der Waals surface area contributed by atoms with Gasteiger partial charge in [0.2, 0.25) is 0 Å². The number of fused-ring (bicyclic) bond motifs is 1. The fraction of sp³-hybridized carbons (Fsp3) is 0.167. The molecular formula is C18H18N2O. The van der Waals surface area contributed by atoms with Crippen molar-refractivity contribution in [3.05, 3.63) is 60.3 Å².